The smallest absolute Gasteiger partial charge is 0.276 e. The molecule has 1 aliphatic rings. The average molecular weight is 299 g/mol. The summed E-state index contributed by atoms with van der Waals surface area (Å²) in [7, 11) is 0. The largest absolute Gasteiger partial charge is 0.361 e. The van der Waals surface area contributed by atoms with Gasteiger partial charge in [-0.3, -0.25) is 9.78 Å². The van der Waals surface area contributed by atoms with Crippen molar-refractivity contribution in [3.8, 4) is 0 Å². The molecule has 1 atom stereocenters. The number of hydrogen-bond donors (Lipinski definition) is 0. The van der Waals surface area contributed by atoms with E-state index in [1.165, 1.54) is 0 Å². The minimum absolute atomic E-state index is 0.0407. The third kappa shape index (κ3) is 3.03. The molecule has 0 bridgehead atoms. The normalized spacial score (nSPS) is 18.1. The Balaban J connectivity index is 1.77. The molecule has 0 aromatic carbocycles. The van der Waals surface area contributed by atoms with Crippen molar-refractivity contribution >= 4 is 5.91 Å². The average Bonchev–Trinajstić information content (AvgIpc) is 3.16. The molecule has 22 heavy (non-hydrogen) atoms. The van der Waals surface area contributed by atoms with Crippen molar-refractivity contribution in [2.45, 2.75) is 39.2 Å². The van der Waals surface area contributed by atoms with E-state index in [9.17, 15) is 4.79 Å². The quantitative estimate of drug-likeness (QED) is 0.869. The van der Waals surface area contributed by atoms with Crippen molar-refractivity contribution < 1.29 is 9.32 Å². The molecule has 1 aliphatic heterocycles. The lowest BCUT2D eigenvalue weighted by molar-refractivity contribution is 0.0722. The Morgan fingerprint density at radius 2 is 2.32 bits per heavy atom. The predicted octanol–water partition coefficient (Wildman–Crippen LogP) is 3.25. The molecule has 0 radical (unpaired) electrons. The van der Waals surface area contributed by atoms with Gasteiger partial charge in [-0.05, 0) is 30.9 Å². The highest BCUT2D eigenvalue weighted by atomic mass is 16.5. The summed E-state index contributed by atoms with van der Waals surface area (Å²) in [6.45, 7) is 4.97. The summed E-state index contributed by atoms with van der Waals surface area (Å²) >= 11 is 0. The van der Waals surface area contributed by atoms with Crippen LogP contribution in [0.4, 0.5) is 0 Å². The van der Waals surface area contributed by atoms with Gasteiger partial charge >= 0.3 is 0 Å². The topological polar surface area (TPSA) is 59.2 Å². The van der Waals surface area contributed by atoms with Gasteiger partial charge in [-0.1, -0.05) is 25.1 Å². The monoisotopic (exact) mass is 299 g/mol. The second kappa shape index (κ2) is 6.30. The van der Waals surface area contributed by atoms with Gasteiger partial charge in [-0.15, -0.1) is 0 Å². The van der Waals surface area contributed by atoms with Crippen LogP contribution < -0.4 is 0 Å². The van der Waals surface area contributed by atoms with Crippen LogP contribution in [0.25, 0.3) is 0 Å². The second-order valence-corrected chi connectivity index (χ2v) is 6.19. The molecule has 0 saturated carbocycles. The van der Waals surface area contributed by atoms with Gasteiger partial charge in [0.1, 0.15) is 5.76 Å². The molecule has 2 aromatic heterocycles. The first-order valence-corrected chi connectivity index (χ1v) is 7.82. The van der Waals surface area contributed by atoms with E-state index < -0.39 is 0 Å². The predicted molar refractivity (Wildman–Crippen MR) is 82.3 cm³/mol. The van der Waals surface area contributed by atoms with Crippen LogP contribution in [0.1, 0.15) is 54.7 Å². The summed E-state index contributed by atoms with van der Waals surface area (Å²) in [6.07, 6.45) is 4.50. The fourth-order valence-corrected chi connectivity index (χ4v) is 2.95. The summed E-state index contributed by atoms with van der Waals surface area (Å²) in [6, 6.07) is 7.64. The van der Waals surface area contributed by atoms with Gasteiger partial charge in [-0.25, -0.2) is 0 Å². The molecule has 1 unspecified atom stereocenters. The summed E-state index contributed by atoms with van der Waals surface area (Å²) in [4.78, 5) is 19.0. The fourth-order valence-electron chi connectivity index (χ4n) is 2.95. The van der Waals surface area contributed by atoms with Crippen LogP contribution in [-0.4, -0.2) is 27.5 Å². The minimum atomic E-state index is -0.0630. The number of hydrogen-bond acceptors (Lipinski definition) is 4. The van der Waals surface area contributed by atoms with Crippen LogP contribution in [0.15, 0.2) is 35.0 Å². The van der Waals surface area contributed by atoms with Crippen LogP contribution in [0.2, 0.25) is 0 Å². The van der Waals surface area contributed by atoms with Crippen molar-refractivity contribution in [1.29, 1.82) is 0 Å². The highest BCUT2D eigenvalue weighted by Gasteiger charge is 2.32. The first kappa shape index (κ1) is 14.8. The number of rotatable bonds is 4. The van der Waals surface area contributed by atoms with E-state index in [1.54, 1.807) is 12.3 Å². The van der Waals surface area contributed by atoms with Gasteiger partial charge < -0.3 is 9.42 Å². The lowest BCUT2D eigenvalue weighted by atomic mass is 10.1. The van der Waals surface area contributed by atoms with Crippen molar-refractivity contribution in [1.82, 2.24) is 15.0 Å². The Hall–Kier alpha value is -2.17. The summed E-state index contributed by atoms with van der Waals surface area (Å²) in [5.74, 6) is 1.18. The molecule has 116 valence electrons. The number of carbonyl (C=O) groups excluding carboxylic acids is 1. The second-order valence-electron chi connectivity index (χ2n) is 6.19. The molecule has 5 nitrogen and oxygen atoms in total. The maximum atomic E-state index is 12.7. The molecule has 1 amide bonds. The maximum Gasteiger partial charge on any atom is 0.276 e. The van der Waals surface area contributed by atoms with Crippen LogP contribution >= 0.6 is 0 Å². The van der Waals surface area contributed by atoms with Gasteiger partial charge in [0.05, 0.1) is 11.7 Å². The molecule has 2 aromatic rings. The summed E-state index contributed by atoms with van der Waals surface area (Å²) in [5, 5.41) is 3.96. The molecule has 5 heteroatoms. The maximum absolute atomic E-state index is 12.7. The third-order valence-corrected chi connectivity index (χ3v) is 3.93. The number of likely N-dealkylation sites (tertiary alicyclic amines) is 1. The van der Waals surface area contributed by atoms with Crippen LogP contribution in [0, 0.1) is 5.92 Å². The third-order valence-electron chi connectivity index (χ3n) is 3.93. The summed E-state index contributed by atoms with van der Waals surface area (Å²) in [5.41, 5.74) is 1.35. The number of carbonyl (C=O) groups is 1. The van der Waals surface area contributed by atoms with E-state index in [-0.39, 0.29) is 11.9 Å². The Labute approximate surface area is 130 Å². The Morgan fingerprint density at radius 3 is 3.05 bits per heavy atom. The molecule has 1 saturated heterocycles. The Bertz CT molecular complexity index is 636. The number of nitrogens with zero attached hydrogens (tertiary/aromatic N) is 3. The van der Waals surface area contributed by atoms with Crippen molar-refractivity contribution in [2.24, 2.45) is 5.92 Å². The molecule has 0 N–H and O–H groups in total. The van der Waals surface area contributed by atoms with E-state index >= 15 is 0 Å². The van der Waals surface area contributed by atoms with Crippen LogP contribution in [0.5, 0.6) is 0 Å². The van der Waals surface area contributed by atoms with Crippen LogP contribution in [0.3, 0.4) is 0 Å². The van der Waals surface area contributed by atoms with Gasteiger partial charge in [0.25, 0.3) is 5.91 Å². The highest BCUT2D eigenvalue weighted by molar-refractivity contribution is 5.92. The van der Waals surface area contributed by atoms with E-state index in [4.69, 9.17) is 4.52 Å². The van der Waals surface area contributed by atoms with Crippen molar-refractivity contribution in [2.75, 3.05) is 6.54 Å². The zero-order valence-corrected chi connectivity index (χ0v) is 13.0. The number of aromatic nitrogens is 2. The van der Waals surface area contributed by atoms with E-state index in [0.29, 0.717) is 11.6 Å². The molecule has 3 heterocycles. The minimum Gasteiger partial charge on any atom is -0.361 e. The molecule has 0 aliphatic carbocycles. The lowest BCUT2D eigenvalue weighted by Gasteiger charge is -2.23. The number of amides is 1. The van der Waals surface area contributed by atoms with Gasteiger partial charge in [0, 0.05) is 25.2 Å². The molecule has 0 spiro atoms. The molecule has 1 fully saturated rings. The fraction of sp³-hybridized carbons (Fsp3) is 0.471. The van der Waals surface area contributed by atoms with E-state index in [1.807, 2.05) is 23.1 Å². The first-order valence-electron chi connectivity index (χ1n) is 7.82. The van der Waals surface area contributed by atoms with Crippen molar-refractivity contribution in [3.63, 3.8) is 0 Å². The zero-order chi connectivity index (χ0) is 15.5. The Morgan fingerprint density at radius 1 is 1.45 bits per heavy atom. The van der Waals surface area contributed by atoms with Gasteiger partial charge in [0.2, 0.25) is 0 Å². The lowest BCUT2D eigenvalue weighted by Crippen LogP contribution is -2.31. The molecule has 3 rings (SSSR count). The van der Waals surface area contributed by atoms with Gasteiger partial charge in [-0.2, -0.15) is 0 Å². The molecular weight excluding hydrogens is 278 g/mol. The highest BCUT2D eigenvalue weighted by Crippen LogP contribution is 2.31. The molecular formula is C17H21N3O2. The van der Waals surface area contributed by atoms with Crippen molar-refractivity contribution in [3.05, 3.63) is 47.6 Å². The first-order chi connectivity index (χ1) is 10.6. The zero-order valence-electron chi connectivity index (χ0n) is 13.0. The van der Waals surface area contributed by atoms with E-state index in [2.05, 4.69) is 24.0 Å². The SMILES string of the molecule is CC(C)Cc1cc(C(=O)N2CCCC2c2ccccn2)no1. The van der Waals surface area contributed by atoms with Gasteiger partial charge in [0.15, 0.2) is 5.69 Å². The summed E-state index contributed by atoms with van der Waals surface area (Å²) < 4.78 is 5.28. The number of pyridine rings is 1. The van der Waals surface area contributed by atoms with E-state index in [0.717, 1.165) is 37.3 Å². The standard InChI is InChI=1S/C17H21N3O2/c1-12(2)10-13-11-15(19-22-13)17(21)20-9-5-7-16(20)14-6-3-4-8-18-14/h3-4,6,8,11-12,16H,5,7,9-10H2,1-2H3. The van der Waals surface area contributed by atoms with Crippen LogP contribution in [-0.2, 0) is 6.42 Å². The Kier molecular flexibility index (Phi) is 4.22.